The van der Waals surface area contributed by atoms with Crippen molar-refractivity contribution in [3.8, 4) is 5.75 Å². The minimum Gasteiger partial charge on any atom is -0.497 e. The van der Waals surface area contributed by atoms with Crippen molar-refractivity contribution in [2.75, 3.05) is 12.4 Å². The first-order valence-electron chi connectivity index (χ1n) is 8.91. The Hall–Kier alpha value is -2.56. The van der Waals surface area contributed by atoms with E-state index in [9.17, 15) is 4.79 Å². The number of carbonyl (C=O) groups excluding carboxylic acids is 1. The van der Waals surface area contributed by atoms with E-state index in [2.05, 4.69) is 15.6 Å². The maximum absolute atomic E-state index is 12.5. The van der Waals surface area contributed by atoms with Crippen LogP contribution in [0.1, 0.15) is 48.9 Å². The number of carbonyl (C=O) groups is 1. The number of nitrogens with one attached hydrogen (secondary N) is 2. The van der Waals surface area contributed by atoms with Crippen LogP contribution in [-0.2, 0) is 0 Å². The van der Waals surface area contributed by atoms with Gasteiger partial charge in [0.2, 0.25) is 0 Å². The Kier molecular flexibility index (Phi) is 5.88. The molecule has 5 heteroatoms. The summed E-state index contributed by atoms with van der Waals surface area (Å²) in [7, 11) is 1.64. The molecule has 1 heterocycles. The number of pyridine rings is 1. The SMILES string of the molecule is COc1ccc(Nc2cncc(C(=O)NC3CCCCCC3)c2)cc1. The minimum absolute atomic E-state index is 0.0437. The number of amides is 1. The Morgan fingerprint density at radius 1 is 1.04 bits per heavy atom. The van der Waals surface area contributed by atoms with Gasteiger partial charge in [0.25, 0.3) is 5.91 Å². The maximum Gasteiger partial charge on any atom is 0.253 e. The molecule has 25 heavy (non-hydrogen) atoms. The van der Waals surface area contributed by atoms with E-state index in [0.29, 0.717) is 5.56 Å². The Morgan fingerprint density at radius 2 is 1.76 bits per heavy atom. The molecule has 0 bridgehead atoms. The Labute approximate surface area is 148 Å². The number of hydrogen-bond acceptors (Lipinski definition) is 4. The molecule has 1 aliphatic carbocycles. The van der Waals surface area contributed by atoms with Gasteiger partial charge in [0.1, 0.15) is 5.75 Å². The molecule has 2 aromatic rings. The van der Waals surface area contributed by atoms with Crippen molar-refractivity contribution in [1.82, 2.24) is 10.3 Å². The van der Waals surface area contributed by atoms with Gasteiger partial charge in [-0.1, -0.05) is 25.7 Å². The van der Waals surface area contributed by atoms with E-state index in [1.165, 1.54) is 25.7 Å². The molecular weight excluding hydrogens is 314 g/mol. The molecule has 1 aliphatic rings. The molecule has 1 aromatic heterocycles. The third kappa shape index (κ3) is 4.95. The quantitative estimate of drug-likeness (QED) is 0.798. The van der Waals surface area contributed by atoms with Gasteiger partial charge in [0.15, 0.2) is 0 Å². The second-order valence-corrected chi connectivity index (χ2v) is 6.48. The lowest BCUT2D eigenvalue weighted by atomic mass is 10.1. The highest BCUT2D eigenvalue weighted by atomic mass is 16.5. The van der Waals surface area contributed by atoms with E-state index >= 15 is 0 Å². The number of hydrogen-bond donors (Lipinski definition) is 2. The minimum atomic E-state index is -0.0437. The molecule has 132 valence electrons. The number of rotatable bonds is 5. The van der Waals surface area contributed by atoms with E-state index < -0.39 is 0 Å². The summed E-state index contributed by atoms with van der Waals surface area (Å²) in [6.45, 7) is 0. The zero-order valence-electron chi connectivity index (χ0n) is 14.6. The first kappa shape index (κ1) is 17.3. The highest BCUT2D eigenvalue weighted by molar-refractivity contribution is 5.95. The third-order valence-corrected chi connectivity index (χ3v) is 4.57. The van der Waals surface area contributed by atoms with Crippen LogP contribution in [0.4, 0.5) is 11.4 Å². The Balaban J connectivity index is 1.64. The molecule has 1 fully saturated rings. The Morgan fingerprint density at radius 3 is 2.44 bits per heavy atom. The van der Waals surface area contributed by atoms with E-state index in [1.807, 2.05) is 30.3 Å². The molecular formula is C20H25N3O2. The zero-order valence-corrected chi connectivity index (χ0v) is 14.6. The highest BCUT2D eigenvalue weighted by Crippen LogP contribution is 2.21. The van der Waals surface area contributed by atoms with E-state index in [-0.39, 0.29) is 11.9 Å². The van der Waals surface area contributed by atoms with Gasteiger partial charge in [0, 0.05) is 17.9 Å². The summed E-state index contributed by atoms with van der Waals surface area (Å²) in [6, 6.07) is 9.75. The van der Waals surface area contributed by atoms with Crippen LogP contribution in [-0.4, -0.2) is 24.0 Å². The lowest BCUT2D eigenvalue weighted by Gasteiger charge is -2.16. The zero-order chi connectivity index (χ0) is 17.5. The van der Waals surface area contributed by atoms with Crippen LogP contribution in [0.3, 0.4) is 0 Å². The summed E-state index contributed by atoms with van der Waals surface area (Å²) < 4.78 is 5.16. The van der Waals surface area contributed by atoms with Gasteiger partial charge in [0.05, 0.1) is 24.6 Å². The summed E-state index contributed by atoms with van der Waals surface area (Å²) in [5, 5.41) is 6.42. The van der Waals surface area contributed by atoms with Crippen LogP contribution < -0.4 is 15.4 Å². The highest BCUT2D eigenvalue weighted by Gasteiger charge is 2.16. The van der Waals surface area contributed by atoms with Gasteiger partial charge in [-0.3, -0.25) is 9.78 Å². The van der Waals surface area contributed by atoms with Gasteiger partial charge in [-0.15, -0.1) is 0 Å². The smallest absolute Gasteiger partial charge is 0.253 e. The molecule has 0 aliphatic heterocycles. The molecule has 0 saturated heterocycles. The average Bonchev–Trinajstić information content (AvgIpc) is 2.91. The van der Waals surface area contributed by atoms with Crippen molar-refractivity contribution in [3.05, 3.63) is 48.3 Å². The monoisotopic (exact) mass is 339 g/mol. The van der Waals surface area contributed by atoms with Crippen molar-refractivity contribution < 1.29 is 9.53 Å². The van der Waals surface area contributed by atoms with Crippen LogP contribution in [0, 0.1) is 0 Å². The fraction of sp³-hybridized carbons (Fsp3) is 0.400. The predicted octanol–water partition coefficient (Wildman–Crippen LogP) is 4.29. The summed E-state index contributed by atoms with van der Waals surface area (Å²) in [5.74, 6) is 0.762. The molecule has 0 atom stereocenters. The van der Waals surface area contributed by atoms with Crippen molar-refractivity contribution in [1.29, 1.82) is 0 Å². The fourth-order valence-electron chi connectivity index (χ4n) is 3.17. The maximum atomic E-state index is 12.5. The summed E-state index contributed by atoms with van der Waals surface area (Å²) in [4.78, 5) is 16.7. The molecule has 0 radical (unpaired) electrons. The second kappa shape index (κ2) is 8.51. The largest absolute Gasteiger partial charge is 0.497 e. The number of anilines is 2. The van der Waals surface area contributed by atoms with E-state index in [0.717, 1.165) is 30.0 Å². The Bertz CT molecular complexity index is 692. The van der Waals surface area contributed by atoms with Crippen molar-refractivity contribution in [2.24, 2.45) is 0 Å². The van der Waals surface area contributed by atoms with Crippen LogP contribution in [0.5, 0.6) is 5.75 Å². The molecule has 1 aromatic carbocycles. The van der Waals surface area contributed by atoms with Crippen molar-refractivity contribution >= 4 is 17.3 Å². The van der Waals surface area contributed by atoms with Gasteiger partial charge >= 0.3 is 0 Å². The summed E-state index contributed by atoms with van der Waals surface area (Å²) in [5.41, 5.74) is 2.30. The molecule has 2 N–H and O–H groups in total. The molecule has 3 rings (SSSR count). The number of nitrogens with zero attached hydrogens (tertiary/aromatic N) is 1. The van der Waals surface area contributed by atoms with Crippen LogP contribution in [0.2, 0.25) is 0 Å². The standard InChI is InChI=1S/C20H25N3O2/c1-25-19-10-8-17(9-11-19)22-18-12-15(13-21-14-18)20(24)23-16-6-4-2-3-5-7-16/h8-14,16,22H,2-7H2,1H3,(H,23,24). The van der Waals surface area contributed by atoms with Gasteiger partial charge < -0.3 is 15.4 Å². The number of aromatic nitrogens is 1. The molecule has 0 unspecified atom stereocenters. The first-order valence-corrected chi connectivity index (χ1v) is 8.91. The lowest BCUT2D eigenvalue weighted by molar-refractivity contribution is 0.0933. The molecule has 1 saturated carbocycles. The van der Waals surface area contributed by atoms with Gasteiger partial charge in [-0.05, 0) is 43.2 Å². The summed E-state index contributed by atoms with van der Waals surface area (Å²) in [6.07, 6.45) is 10.4. The van der Waals surface area contributed by atoms with Crippen LogP contribution in [0.25, 0.3) is 0 Å². The van der Waals surface area contributed by atoms with Crippen molar-refractivity contribution in [3.63, 3.8) is 0 Å². The van der Waals surface area contributed by atoms with Crippen molar-refractivity contribution in [2.45, 2.75) is 44.6 Å². The van der Waals surface area contributed by atoms with E-state index in [1.54, 1.807) is 19.5 Å². The number of methoxy groups -OCH3 is 1. The van der Waals surface area contributed by atoms with E-state index in [4.69, 9.17) is 4.74 Å². The first-order chi connectivity index (χ1) is 12.2. The second-order valence-electron chi connectivity index (χ2n) is 6.48. The molecule has 0 spiro atoms. The third-order valence-electron chi connectivity index (χ3n) is 4.57. The van der Waals surface area contributed by atoms with Crippen LogP contribution >= 0.6 is 0 Å². The normalized spacial score (nSPS) is 15.2. The fourth-order valence-corrected chi connectivity index (χ4v) is 3.17. The molecule has 1 amide bonds. The van der Waals surface area contributed by atoms with Gasteiger partial charge in [-0.25, -0.2) is 0 Å². The average molecular weight is 339 g/mol. The number of benzene rings is 1. The lowest BCUT2D eigenvalue weighted by Crippen LogP contribution is -2.34. The predicted molar refractivity (Wildman–Crippen MR) is 99.5 cm³/mol. The molecule has 5 nitrogen and oxygen atoms in total. The number of ether oxygens (including phenoxy) is 1. The summed E-state index contributed by atoms with van der Waals surface area (Å²) >= 11 is 0. The van der Waals surface area contributed by atoms with Gasteiger partial charge in [-0.2, -0.15) is 0 Å². The van der Waals surface area contributed by atoms with Crippen LogP contribution in [0.15, 0.2) is 42.7 Å². The topological polar surface area (TPSA) is 63.2 Å².